The van der Waals surface area contributed by atoms with Crippen LogP contribution in [0.1, 0.15) is 35.4 Å². The number of phenolic OH excluding ortho intramolecular Hbond substituents is 1. The molecule has 0 saturated carbocycles. The van der Waals surface area contributed by atoms with Crippen LogP contribution in [0.4, 0.5) is 13.2 Å². The van der Waals surface area contributed by atoms with E-state index in [2.05, 4.69) is 0 Å². The van der Waals surface area contributed by atoms with E-state index in [9.17, 15) is 31.8 Å². The van der Waals surface area contributed by atoms with Gasteiger partial charge in [-0.05, 0) is 48.1 Å². The highest BCUT2D eigenvalue weighted by Gasteiger charge is 2.35. The summed E-state index contributed by atoms with van der Waals surface area (Å²) < 4.78 is 65.7. The second-order valence-corrected chi connectivity index (χ2v) is 8.80. The largest absolute Gasteiger partial charge is 0.508 e. The van der Waals surface area contributed by atoms with Gasteiger partial charge in [0.2, 0.25) is 0 Å². The zero-order valence-corrected chi connectivity index (χ0v) is 16.2. The van der Waals surface area contributed by atoms with Gasteiger partial charge in [0.15, 0.2) is 0 Å². The number of hydrogen-bond donors (Lipinski definition) is 2. The molecule has 158 valence electrons. The molecule has 0 saturated heterocycles. The van der Waals surface area contributed by atoms with Gasteiger partial charge >= 0.3 is 16.3 Å². The SMILES string of the molecule is O=S(=O)(CCCC(F)(F)F)Oc1ccc(O)c(C2c3ccccc3CC2CO)c1. The van der Waals surface area contributed by atoms with E-state index in [4.69, 9.17) is 4.18 Å². The van der Waals surface area contributed by atoms with Crippen LogP contribution in [0.15, 0.2) is 42.5 Å². The Morgan fingerprint density at radius 1 is 1.10 bits per heavy atom. The maximum absolute atomic E-state index is 12.2. The minimum Gasteiger partial charge on any atom is -0.508 e. The Morgan fingerprint density at radius 2 is 1.83 bits per heavy atom. The van der Waals surface area contributed by atoms with Gasteiger partial charge in [-0.1, -0.05) is 24.3 Å². The highest BCUT2D eigenvalue weighted by Crippen LogP contribution is 2.46. The Bertz CT molecular complexity index is 972. The van der Waals surface area contributed by atoms with E-state index < -0.39 is 34.9 Å². The standard InChI is InChI=1S/C20H21F3O5S/c21-20(22,23)8-3-9-29(26,27)28-15-6-7-18(25)17(11-15)19-14(12-24)10-13-4-1-2-5-16(13)19/h1-2,4-7,11,14,19,24-25H,3,8-10,12H2. The average Bonchev–Trinajstić information content (AvgIpc) is 3.00. The number of phenols is 1. The Hall–Kier alpha value is -2.26. The van der Waals surface area contributed by atoms with E-state index >= 15 is 0 Å². The summed E-state index contributed by atoms with van der Waals surface area (Å²) in [5.74, 6) is -1.49. The number of benzene rings is 2. The van der Waals surface area contributed by atoms with Gasteiger partial charge in [-0.3, -0.25) is 0 Å². The first-order chi connectivity index (χ1) is 13.6. The van der Waals surface area contributed by atoms with Crippen molar-refractivity contribution in [1.82, 2.24) is 0 Å². The minimum absolute atomic E-state index is 0.0769. The van der Waals surface area contributed by atoms with Crippen molar-refractivity contribution >= 4 is 10.1 Å². The van der Waals surface area contributed by atoms with E-state index in [1.54, 1.807) is 0 Å². The molecule has 2 aromatic carbocycles. The van der Waals surface area contributed by atoms with Gasteiger partial charge in [-0.2, -0.15) is 21.6 Å². The van der Waals surface area contributed by atoms with Crippen molar-refractivity contribution in [2.24, 2.45) is 5.92 Å². The Balaban J connectivity index is 1.83. The van der Waals surface area contributed by atoms with Gasteiger partial charge in [-0.25, -0.2) is 0 Å². The number of aliphatic hydroxyl groups is 1. The zero-order valence-electron chi connectivity index (χ0n) is 15.4. The van der Waals surface area contributed by atoms with Crippen LogP contribution >= 0.6 is 0 Å². The number of aliphatic hydroxyl groups excluding tert-OH is 1. The number of hydrogen-bond acceptors (Lipinski definition) is 5. The second-order valence-electron chi connectivity index (χ2n) is 7.11. The molecule has 0 bridgehead atoms. The smallest absolute Gasteiger partial charge is 0.389 e. The molecule has 1 aliphatic rings. The van der Waals surface area contributed by atoms with Gasteiger partial charge in [0.25, 0.3) is 0 Å². The van der Waals surface area contributed by atoms with E-state index in [-0.39, 0.29) is 29.9 Å². The number of alkyl halides is 3. The van der Waals surface area contributed by atoms with Crippen LogP contribution in [0.3, 0.4) is 0 Å². The lowest BCUT2D eigenvalue weighted by Gasteiger charge is -2.21. The van der Waals surface area contributed by atoms with Crippen molar-refractivity contribution in [3.05, 3.63) is 59.2 Å². The van der Waals surface area contributed by atoms with Crippen LogP contribution < -0.4 is 4.18 Å². The van der Waals surface area contributed by atoms with E-state index in [0.717, 1.165) is 11.1 Å². The summed E-state index contributed by atoms with van der Waals surface area (Å²) in [4.78, 5) is 0. The molecule has 0 fully saturated rings. The van der Waals surface area contributed by atoms with Gasteiger partial charge in [-0.15, -0.1) is 0 Å². The summed E-state index contributed by atoms with van der Waals surface area (Å²) in [6, 6.07) is 11.4. The number of fused-ring (bicyclic) bond motifs is 1. The van der Waals surface area contributed by atoms with Gasteiger partial charge in [0, 0.05) is 24.5 Å². The molecule has 2 atom stereocenters. The molecular formula is C20H21F3O5S. The maximum atomic E-state index is 12.2. The summed E-state index contributed by atoms with van der Waals surface area (Å²) >= 11 is 0. The van der Waals surface area contributed by atoms with E-state index in [1.807, 2.05) is 24.3 Å². The summed E-state index contributed by atoms with van der Waals surface area (Å²) in [5, 5.41) is 20.1. The fraction of sp³-hybridized carbons (Fsp3) is 0.400. The number of halogens is 3. The molecule has 1 aliphatic carbocycles. The predicted molar refractivity (Wildman–Crippen MR) is 100 cm³/mol. The second kappa shape index (κ2) is 8.23. The molecule has 29 heavy (non-hydrogen) atoms. The van der Waals surface area contributed by atoms with Gasteiger partial charge in [0.05, 0.1) is 5.75 Å². The normalized spacial score (nSPS) is 19.2. The van der Waals surface area contributed by atoms with Crippen LogP contribution in [0.5, 0.6) is 11.5 Å². The molecule has 2 unspecified atom stereocenters. The molecular weight excluding hydrogens is 409 g/mol. The van der Waals surface area contributed by atoms with E-state index in [1.165, 1.54) is 18.2 Å². The van der Waals surface area contributed by atoms with Gasteiger partial charge < -0.3 is 14.4 Å². The summed E-state index contributed by atoms with van der Waals surface area (Å²) in [7, 11) is -4.22. The average molecular weight is 430 g/mol. The molecule has 0 amide bonds. The molecule has 3 rings (SSSR count). The summed E-state index contributed by atoms with van der Waals surface area (Å²) in [5.41, 5.74) is 2.35. The molecule has 9 heteroatoms. The molecule has 0 heterocycles. The molecule has 5 nitrogen and oxygen atoms in total. The number of rotatable bonds is 7. The Kier molecular flexibility index (Phi) is 6.09. The first-order valence-corrected chi connectivity index (χ1v) is 10.7. The van der Waals surface area contributed by atoms with Crippen LogP contribution in [-0.2, 0) is 16.5 Å². The first kappa shape index (κ1) is 21.4. The van der Waals surface area contributed by atoms with Crippen LogP contribution in [0.25, 0.3) is 0 Å². The van der Waals surface area contributed by atoms with Crippen molar-refractivity contribution in [3.8, 4) is 11.5 Å². The minimum atomic E-state index is -4.43. The highest BCUT2D eigenvalue weighted by molar-refractivity contribution is 7.87. The third-order valence-electron chi connectivity index (χ3n) is 4.99. The van der Waals surface area contributed by atoms with Gasteiger partial charge in [0.1, 0.15) is 11.5 Å². The molecule has 2 N–H and O–H groups in total. The van der Waals surface area contributed by atoms with Crippen molar-refractivity contribution < 1.29 is 36.0 Å². The Morgan fingerprint density at radius 3 is 2.52 bits per heavy atom. The van der Waals surface area contributed by atoms with Crippen LogP contribution in [-0.4, -0.2) is 37.2 Å². The third-order valence-corrected chi connectivity index (χ3v) is 6.23. The topological polar surface area (TPSA) is 83.8 Å². The third kappa shape index (κ3) is 5.22. The fourth-order valence-electron chi connectivity index (χ4n) is 3.74. The monoisotopic (exact) mass is 430 g/mol. The summed E-state index contributed by atoms with van der Waals surface area (Å²) in [6.07, 6.45) is -5.64. The van der Waals surface area contributed by atoms with Crippen molar-refractivity contribution in [3.63, 3.8) is 0 Å². The Labute approximate surface area is 166 Å². The molecule has 0 aromatic heterocycles. The fourth-order valence-corrected chi connectivity index (χ4v) is 4.72. The van der Waals surface area contributed by atoms with Crippen LogP contribution in [0.2, 0.25) is 0 Å². The molecule has 0 aliphatic heterocycles. The predicted octanol–water partition coefficient (Wildman–Crippen LogP) is 3.74. The van der Waals surface area contributed by atoms with Crippen LogP contribution in [0, 0.1) is 5.92 Å². The lowest BCUT2D eigenvalue weighted by atomic mass is 9.85. The molecule has 0 spiro atoms. The molecule has 2 aromatic rings. The van der Waals surface area contributed by atoms with Crippen molar-refractivity contribution in [2.75, 3.05) is 12.4 Å². The zero-order chi connectivity index (χ0) is 21.2. The lowest BCUT2D eigenvalue weighted by Crippen LogP contribution is -2.17. The highest BCUT2D eigenvalue weighted by atomic mass is 32.2. The lowest BCUT2D eigenvalue weighted by molar-refractivity contribution is -0.134. The van der Waals surface area contributed by atoms with E-state index in [0.29, 0.717) is 12.0 Å². The maximum Gasteiger partial charge on any atom is 0.389 e. The van der Waals surface area contributed by atoms with Crippen molar-refractivity contribution in [1.29, 1.82) is 0 Å². The summed E-state index contributed by atoms with van der Waals surface area (Å²) in [6.45, 7) is -0.125. The number of aromatic hydroxyl groups is 1. The quantitative estimate of drug-likeness (QED) is 0.654. The molecule has 0 radical (unpaired) electrons. The van der Waals surface area contributed by atoms with Crippen molar-refractivity contribution in [2.45, 2.75) is 31.4 Å². The first-order valence-electron chi connectivity index (χ1n) is 9.10.